The minimum Gasteiger partial charge on any atom is -0.445 e. The van der Waals surface area contributed by atoms with Crippen molar-refractivity contribution >= 4 is 6.09 Å². The molecule has 0 bridgehead atoms. The van der Waals surface area contributed by atoms with Gasteiger partial charge in [0.25, 0.3) is 11.1 Å². The number of carbonyl (C=O) groups excluding carboxylic acids is 1. The largest absolute Gasteiger partial charge is 0.445 e. The van der Waals surface area contributed by atoms with Crippen LogP contribution in [-0.4, -0.2) is 22.8 Å². The van der Waals surface area contributed by atoms with Crippen LogP contribution in [0.15, 0.2) is 46.0 Å². The van der Waals surface area contributed by atoms with Gasteiger partial charge in [0.15, 0.2) is 0 Å². The van der Waals surface area contributed by atoms with Gasteiger partial charge in [-0.3, -0.25) is 19.8 Å². The van der Waals surface area contributed by atoms with Crippen molar-refractivity contribution in [2.75, 3.05) is 6.54 Å². The number of rotatable bonds is 4. The summed E-state index contributed by atoms with van der Waals surface area (Å²) in [7, 11) is 0. The maximum Gasteiger partial charge on any atom is 0.407 e. The van der Waals surface area contributed by atoms with Crippen LogP contribution in [0.25, 0.3) is 0 Å². The molecule has 118 valence electrons. The third-order valence-electron chi connectivity index (χ3n) is 2.77. The van der Waals surface area contributed by atoms with Gasteiger partial charge < -0.3 is 10.1 Å². The van der Waals surface area contributed by atoms with E-state index in [1.807, 2.05) is 30.3 Å². The molecule has 0 atom stereocenters. The summed E-state index contributed by atoms with van der Waals surface area (Å²) in [6.45, 7) is 0.474. The Balaban J connectivity index is 1.72. The van der Waals surface area contributed by atoms with Crippen molar-refractivity contribution in [3.8, 4) is 11.8 Å². The van der Waals surface area contributed by atoms with E-state index >= 15 is 0 Å². The smallest absolute Gasteiger partial charge is 0.407 e. The normalized spacial score (nSPS) is 9.57. The number of H-pyrrole nitrogens is 2. The fraction of sp³-hybridized carbons (Fsp3) is 0.188. The van der Waals surface area contributed by atoms with Crippen molar-refractivity contribution in [1.82, 2.24) is 15.5 Å². The zero-order chi connectivity index (χ0) is 16.5. The highest BCUT2D eigenvalue weighted by atomic mass is 16.5. The van der Waals surface area contributed by atoms with E-state index in [-0.39, 0.29) is 18.7 Å². The molecular formula is C16H15N3O4. The maximum absolute atomic E-state index is 11.5. The Morgan fingerprint density at radius 1 is 1.17 bits per heavy atom. The first kappa shape index (κ1) is 16.1. The van der Waals surface area contributed by atoms with Gasteiger partial charge in [-0.2, -0.15) is 0 Å². The van der Waals surface area contributed by atoms with E-state index in [1.165, 1.54) is 0 Å². The molecule has 2 rings (SSSR count). The van der Waals surface area contributed by atoms with Crippen LogP contribution in [-0.2, 0) is 11.3 Å². The third kappa shape index (κ3) is 5.55. The van der Waals surface area contributed by atoms with E-state index in [1.54, 1.807) is 0 Å². The first-order valence-electron chi connectivity index (χ1n) is 6.90. The molecule has 7 heteroatoms. The Hall–Kier alpha value is -3.27. The van der Waals surface area contributed by atoms with Crippen molar-refractivity contribution in [1.29, 1.82) is 0 Å². The monoisotopic (exact) mass is 313 g/mol. The minimum absolute atomic E-state index is 0.0837. The average Bonchev–Trinajstić information content (AvgIpc) is 2.56. The molecule has 0 saturated carbocycles. The van der Waals surface area contributed by atoms with Crippen LogP contribution in [0.3, 0.4) is 0 Å². The van der Waals surface area contributed by atoms with Gasteiger partial charge in [0.1, 0.15) is 6.61 Å². The molecule has 1 aromatic heterocycles. The Morgan fingerprint density at radius 3 is 2.74 bits per heavy atom. The van der Waals surface area contributed by atoms with E-state index in [9.17, 15) is 14.4 Å². The molecule has 0 fully saturated rings. The molecule has 1 heterocycles. The van der Waals surface area contributed by atoms with E-state index in [2.05, 4.69) is 27.4 Å². The number of nitrogens with one attached hydrogen (secondary N) is 3. The van der Waals surface area contributed by atoms with Crippen LogP contribution >= 0.6 is 0 Å². The first-order valence-corrected chi connectivity index (χ1v) is 6.90. The summed E-state index contributed by atoms with van der Waals surface area (Å²) in [4.78, 5) is 33.9. The lowest BCUT2D eigenvalue weighted by Crippen LogP contribution is -2.25. The summed E-state index contributed by atoms with van der Waals surface area (Å²) >= 11 is 0. The number of aromatic amines is 2. The summed E-state index contributed by atoms with van der Waals surface area (Å²) in [5, 5.41) is 6.87. The fourth-order valence-corrected chi connectivity index (χ4v) is 1.67. The predicted octanol–water partition coefficient (Wildman–Crippen LogP) is 0.731. The van der Waals surface area contributed by atoms with E-state index in [0.29, 0.717) is 6.42 Å². The first-order chi connectivity index (χ1) is 11.1. The molecule has 7 nitrogen and oxygen atoms in total. The van der Waals surface area contributed by atoms with Crippen molar-refractivity contribution in [3.05, 3.63) is 68.2 Å². The topological polar surface area (TPSA) is 104 Å². The van der Waals surface area contributed by atoms with Crippen molar-refractivity contribution in [2.24, 2.45) is 0 Å². The van der Waals surface area contributed by atoms with Crippen LogP contribution in [0.4, 0.5) is 4.79 Å². The summed E-state index contributed by atoms with van der Waals surface area (Å²) in [6.07, 6.45) is -0.211. The average molecular weight is 313 g/mol. The summed E-state index contributed by atoms with van der Waals surface area (Å²) in [5.74, 6) is 5.29. The number of ether oxygens (including phenoxy) is 1. The molecule has 1 amide bonds. The van der Waals surface area contributed by atoms with Crippen LogP contribution in [0.5, 0.6) is 0 Å². The SMILES string of the molecule is O=C(NCCC#Cc1cc(=O)[nH][nH]c1=O)OCc1ccccc1. The van der Waals surface area contributed by atoms with Gasteiger partial charge in [-0.1, -0.05) is 42.2 Å². The number of amides is 1. The summed E-state index contributed by atoms with van der Waals surface area (Å²) in [5.41, 5.74) is 0.0835. The molecule has 0 saturated heterocycles. The van der Waals surface area contributed by atoms with Crippen molar-refractivity contribution < 1.29 is 9.53 Å². The number of carbonyl (C=O) groups is 1. The lowest BCUT2D eigenvalue weighted by molar-refractivity contribution is 0.140. The fourth-order valence-electron chi connectivity index (χ4n) is 1.67. The van der Waals surface area contributed by atoms with Gasteiger partial charge in [0.05, 0.1) is 5.56 Å². The lowest BCUT2D eigenvalue weighted by atomic mass is 10.2. The van der Waals surface area contributed by atoms with Crippen molar-refractivity contribution in [2.45, 2.75) is 13.0 Å². The Bertz CT molecular complexity index is 828. The molecule has 0 unspecified atom stereocenters. The second-order valence-corrected chi connectivity index (χ2v) is 4.54. The van der Waals surface area contributed by atoms with Gasteiger partial charge in [-0.05, 0) is 5.56 Å². The molecule has 0 aliphatic carbocycles. The number of hydrogen-bond donors (Lipinski definition) is 3. The highest BCUT2D eigenvalue weighted by Crippen LogP contribution is 2.00. The van der Waals surface area contributed by atoms with Gasteiger partial charge in [-0.15, -0.1) is 0 Å². The number of aromatic nitrogens is 2. The van der Waals surface area contributed by atoms with E-state index < -0.39 is 17.2 Å². The molecular weight excluding hydrogens is 298 g/mol. The minimum atomic E-state index is -0.537. The Kier molecular flexibility index (Phi) is 5.77. The highest BCUT2D eigenvalue weighted by molar-refractivity contribution is 5.67. The molecule has 2 aromatic rings. The van der Waals surface area contributed by atoms with E-state index in [0.717, 1.165) is 11.6 Å². The lowest BCUT2D eigenvalue weighted by Gasteiger charge is -2.05. The van der Waals surface area contributed by atoms with Gasteiger partial charge in [-0.25, -0.2) is 4.79 Å². The van der Waals surface area contributed by atoms with Crippen LogP contribution < -0.4 is 16.4 Å². The summed E-state index contributed by atoms with van der Waals surface area (Å²) < 4.78 is 5.03. The third-order valence-corrected chi connectivity index (χ3v) is 2.77. The molecule has 1 aromatic carbocycles. The van der Waals surface area contributed by atoms with Gasteiger partial charge in [0.2, 0.25) is 0 Å². The molecule has 0 radical (unpaired) electrons. The second-order valence-electron chi connectivity index (χ2n) is 4.54. The van der Waals surface area contributed by atoms with Gasteiger partial charge in [0, 0.05) is 19.0 Å². The molecule has 23 heavy (non-hydrogen) atoms. The molecule has 0 spiro atoms. The standard InChI is InChI=1S/C16H15N3O4/c20-14-10-13(15(21)19-18-14)8-4-5-9-17-16(22)23-11-12-6-2-1-3-7-12/h1-3,6-7,10H,5,9,11H2,(H,17,22)(H,18,20)(H,19,21). The van der Waals surface area contributed by atoms with Crippen LogP contribution in [0.1, 0.15) is 17.5 Å². The number of alkyl carbamates (subject to hydrolysis) is 1. The zero-order valence-electron chi connectivity index (χ0n) is 12.2. The second kappa shape index (κ2) is 8.24. The van der Waals surface area contributed by atoms with Crippen LogP contribution in [0, 0.1) is 11.8 Å². The Morgan fingerprint density at radius 2 is 1.96 bits per heavy atom. The highest BCUT2D eigenvalue weighted by Gasteiger charge is 2.00. The van der Waals surface area contributed by atoms with Crippen LogP contribution in [0.2, 0.25) is 0 Å². The molecule has 0 aliphatic heterocycles. The number of benzene rings is 1. The Labute approximate surface area is 131 Å². The maximum atomic E-state index is 11.5. The van der Waals surface area contributed by atoms with E-state index in [4.69, 9.17) is 4.74 Å². The van der Waals surface area contributed by atoms with Gasteiger partial charge >= 0.3 is 6.09 Å². The van der Waals surface area contributed by atoms with Crippen molar-refractivity contribution in [3.63, 3.8) is 0 Å². The number of hydrogen-bond acceptors (Lipinski definition) is 4. The predicted molar refractivity (Wildman–Crippen MR) is 83.8 cm³/mol. The zero-order valence-corrected chi connectivity index (χ0v) is 12.2. The quantitative estimate of drug-likeness (QED) is 0.572. The molecule has 3 N–H and O–H groups in total. The molecule has 0 aliphatic rings. The summed E-state index contributed by atoms with van der Waals surface area (Å²) in [6, 6.07) is 10.4.